The van der Waals surface area contributed by atoms with Gasteiger partial charge in [-0.1, -0.05) is 32.0 Å². The number of benzene rings is 2. The molecule has 2 aromatic carbocycles. The molecule has 122 valence electrons. The summed E-state index contributed by atoms with van der Waals surface area (Å²) in [6, 6.07) is 13.4. The highest BCUT2D eigenvalue weighted by Gasteiger charge is 2.17. The maximum atomic E-state index is 12.9. The van der Waals surface area contributed by atoms with E-state index in [2.05, 4.69) is 19.2 Å². The molecule has 2 rings (SSSR count). The van der Waals surface area contributed by atoms with Crippen molar-refractivity contribution in [2.45, 2.75) is 39.2 Å². The molecule has 0 fully saturated rings. The molecule has 0 aliphatic rings. The van der Waals surface area contributed by atoms with E-state index >= 15 is 0 Å². The van der Waals surface area contributed by atoms with E-state index in [4.69, 9.17) is 4.74 Å². The molecule has 0 saturated heterocycles. The number of hydrogen-bond acceptors (Lipinski definition) is 2. The van der Waals surface area contributed by atoms with Crippen molar-refractivity contribution in [3.05, 3.63) is 59.9 Å². The Kier molecular flexibility index (Phi) is 5.74. The largest absolute Gasteiger partial charge is 0.481 e. The Labute approximate surface area is 136 Å². The molecule has 0 heterocycles. The number of halogens is 1. The van der Waals surface area contributed by atoms with Gasteiger partial charge in [0.15, 0.2) is 6.10 Å². The summed E-state index contributed by atoms with van der Waals surface area (Å²) < 4.78 is 18.4. The van der Waals surface area contributed by atoms with E-state index in [1.54, 1.807) is 6.92 Å². The minimum Gasteiger partial charge on any atom is -0.481 e. The molecule has 0 radical (unpaired) electrons. The standard InChI is InChI=1S/C19H22FNO2/c1-4-13(2)17-7-5-6-8-18(17)21-19(22)14(3)23-16-11-9-15(20)10-12-16/h5-14H,4H2,1-3H3,(H,21,22)/t13-,14+/m0/s1. The molecular formula is C19H22FNO2. The van der Waals surface area contributed by atoms with Crippen LogP contribution in [0, 0.1) is 5.82 Å². The molecule has 0 aromatic heterocycles. The minimum atomic E-state index is -0.676. The van der Waals surface area contributed by atoms with Crippen LogP contribution in [0.25, 0.3) is 0 Å². The average molecular weight is 315 g/mol. The third-order valence-electron chi connectivity index (χ3n) is 3.86. The predicted molar refractivity (Wildman–Crippen MR) is 90.3 cm³/mol. The van der Waals surface area contributed by atoms with Crippen LogP contribution in [0.2, 0.25) is 0 Å². The summed E-state index contributed by atoms with van der Waals surface area (Å²) in [5, 5.41) is 2.92. The van der Waals surface area contributed by atoms with Gasteiger partial charge in [0.2, 0.25) is 0 Å². The van der Waals surface area contributed by atoms with Crippen LogP contribution in [0.4, 0.5) is 10.1 Å². The molecule has 0 saturated carbocycles. The zero-order valence-corrected chi connectivity index (χ0v) is 13.7. The molecule has 1 amide bonds. The van der Waals surface area contributed by atoms with Crippen LogP contribution in [0.3, 0.4) is 0 Å². The maximum absolute atomic E-state index is 12.9. The molecule has 0 unspecified atom stereocenters. The summed E-state index contributed by atoms with van der Waals surface area (Å²) in [5.74, 6) is 0.256. The van der Waals surface area contributed by atoms with Crippen LogP contribution >= 0.6 is 0 Å². The van der Waals surface area contributed by atoms with Crippen molar-refractivity contribution in [3.8, 4) is 5.75 Å². The van der Waals surface area contributed by atoms with E-state index in [0.29, 0.717) is 11.7 Å². The van der Waals surface area contributed by atoms with Crippen molar-refractivity contribution in [2.75, 3.05) is 5.32 Å². The summed E-state index contributed by atoms with van der Waals surface area (Å²) in [6.07, 6.45) is 0.319. The van der Waals surface area contributed by atoms with Gasteiger partial charge in [-0.3, -0.25) is 4.79 Å². The zero-order valence-electron chi connectivity index (χ0n) is 13.7. The van der Waals surface area contributed by atoms with Gasteiger partial charge in [-0.05, 0) is 55.2 Å². The number of ether oxygens (including phenoxy) is 1. The Morgan fingerprint density at radius 2 is 1.78 bits per heavy atom. The van der Waals surface area contributed by atoms with Crippen LogP contribution in [0.15, 0.2) is 48.5 Å². The first-order valence-electron chi connectivity index (χ1n) is 7.83. The number of rotatable bonds is 6. The molecule has 0 spiro atoms. The van der Waals surface area contributed by atoms with Crippen molar-refractivity contribution in [1.29, 1.82) is 0 Å². The lowest BCUT2D eigenvalue weighted by Crippen LogP contribution is -2.30. The van der Waals surface area contributed by atoms with Crippen molar-refractivity contribution in [1.82, 2.24) is 0 Å². The van der Waals surface area contributed by atoms with Gasteiger partial charge < -0.3 is 10.1 Å². The zero-order chi connectivity index (χ0) is 16.8. The van der Waals surface area contributed by atoms with Crippen molar-refractivity contribution < 1.29 is 13.9 Å². The Hall–Kier alpha value is -2.36. The first-order valence-corrected chi connectivity index (χ1v) is 7.83. The van der Waals surface area contributed by atoms with Gasteiger partial charge >= 0.3 is 0 Å². The predicted octanol–water partition coefficient (Wildman–Crippen LogP) is 4.75. The molecular weight excluding hydrogens is 293 g/mol. The van der Waals surface area contributed by atoms with Gasteiger partial charge in [0.1, 0.15) is 11.6 Å². The Balaban J connectivity index is 2.05. The molecule has 3 nitrogen and oxygen atoms in total. The van der Waals surface area contributed by atoms with E-state index < -0.39 is 6.10 Å². The van der Waals surface area contributed by atoms with Crippen LogP contribution in [0.5, 0.6) is 5.75 Å². The summed E-state index contributed by atoms with van der Waals surface area (Å²) in [7, 11) is 0. The van der Waals surface area contributed by atoms with Gasteiger partial charge in [0.05, 0.1) is 0 Å². The van der Waals surface area contributed by atoms with Crippen LogP contribution in [-0.4, -0.2) is 12.0 Å². The van der Waals surface area contributed by atoms with Crippen LogP contribution in [-0.2, 0) is 4.79 Å². The quantitative estimate of drug-likeness (QED) is 0.835. The van der Waals surface area contributed by atoms with Gasteiger partial charge in [-0.15, -0.1) is 0 Å². The van der Waals surface area contributed by atoms with Gasteiger partial charge in [0.25, 0.3) is 5.91 Å². The molecule has 23 heavy (non-hydrogen) atoms. The number of para-hydroxylation sites is 1. The monoisotopic (exact) mass is 315 g/mol. The fourth-order valence-electron chi connectivity index (χ4n) is 2.27. The third-order valence-corrected chi connectivity index (χ3v) is 3.86. The number of anilines is 1. The average Bonchev–Trinajstić information content (AvgIpc) is 2.56. The van der Waals surface area contributed by atoms with E-state index in [1.165, 1.54) is 24.3 Å². The van der Waals surface area contributed by atoms with Gasteiger partial charge in [-0.25, -0.2) is 4.39 Å². The molecule has 0 aliphatic heterocycles. The first-order chi connectivity index (χ1) is 11.0. The van der Waals surface area contributed by atoms with E-state index in [1.807, 2.05) is 24.3 Å². The van der Waals surface area contributed by atoms with E-state index in [0.717, 1.165) is 17.7 Å². The van der Waals surface area contributed by atoms with Crippen LogP contribution < -0.4 is 10.1 Å². The van der Waals surface area contributed by atoms with Crippen molar-refractivity contribution >= 4 is 11.6 Å². The Morgan fingerprint density at radius 3 is 2.43 bits per heavy atom. The van der Waals surface area contributed by atoms with Crippen LogP contribution in [0.1, 0.15) is 38.7 Å². The maximum Gasteiger partial charge on any atom is 0.265 e. The number of carbonyl (C=O) groups excluding carboxylic acids is 1. The van der Waals surface area contributed by atoms with Gasteiger partial charge in [-0.2, -0.15) is 0 Å². The number of amides is 1. The second-order valence-corrected chi connectivity index (χ2v) is 5.60. The fourth-order valence-corrected chi connectivity index (χ4v) is 2.27. The molecule has 2 aromatic rings. The normalized spacial score (nSPS) is 13.2. The lowest BCUT2D eigenvalue weighted by Gasteiger charge is -2.18. The first kappa shape index (κ1) is 17.0. The number of hydrogen-bond donors (Lipinski definition) is 1. The molecule has 4 heteroatoms. The summed E-state index contributed by atoms with van der Waals surface area (Å²) in [4.78, 5) is 12.3. The second-order valence-electron chi connectivity index (χ2n) is 5.60. The lowest BCUT2D eigenvalue weighted by atomic mass is 9.97. The minimum absolute atomic E-state index is 0.231. The number of carbonyl (C=O) groups is 1. The fraction of sp³-hybridized carbons (Fsp3) is 0.316. The Morgan fingerprint density at radius 1 is 1.13 bits per heavy atom. The molecule has 0 bridgehead atoms. The molecule has 2 atom stereocenters. The smallest absolute Gasteiger partial charge is 0.265 e. The third kappa shape index (κ3) is 4.55. The van der Waals surface area contributed by atoms with E-state index in [-0.39, 0.29) is 11.7 Å². The summed E-state index contributed by atoms with van der Waals surface area (Å²) in [5.41, 5.74) is 1.92. The summed E-state index contributed by atoms with van der Waals surface area (Å²) in [6.45, 7) is 5.91. The molecule has 1 N–H and O–H groups in total. The van der Waals surface area contributed by atoms with Crippen molar-refractivity contribution in [2.24, 2.45) is 0 Å². The topological polar surface area (TPSA) is 38.3 Å². The van der Waals surface area contributed by atoms with Gasteiger partial charge in [0, 0.05) is 5.69 Å². The lowest BCUT2D eigenvalue weighted by molar-refractivity contribution is -0.122. The Bertz CT molecular complexity index is 655. The highest BCUT2D eigenvalue weighted by Crippen LogP contribution is 2.26. The molecule has 0 aliphatic carbocycles. The number of nitrogens with one attached hydrogen (secondary N) is 1. The summed E-state index contributed by atoms with van der Waals surface area (Å²) >= 11 is 0. The van der Waals surface area contributed by atoms with Crippen molar-refractivity contribution in [3.63, 3.8) is 0 Å². The van der Waals surface area contributed by atoms with E-state index in [9.17, 15) is 9.18 Å². The highest BCUT2D eigenvalue weighted by molar-refractivity contribution is 5.94. The second kappa shape index (κ2) is 7.77. The SMILES string of the molecule is CC[C@H](C)c1ccccc1NC(=O)[C@@H](C)Oc1ccc(F)cc1. The highest BCUT2D eigenvalue weighted by atomic mass is 19.1.